The predicted molar refractivity (Wildman–Crippen MR) is 319 cm³/mol. The van der Waals surface area contributed by atoms with Crippen molar-refractivity contribution >= 4 is 16.3 Å². The Morgan fingerprint density at radius 3 is 1.13 bits per heavy atom. The second-order valence-corrected chi connectivity index (χ2v) is 24.5. The summed E-state index contributed by atoms with van der Waals surface area (Å²) in [4.78, 5) is 13.2. The van der Waals surface area contributed by atoms with Gasteiger partial charge in [-0.25, -0.2) is 4.18 Å². The van der Waals surface area contributed by atoms with E-state index >= 15 is 0 Å². The lowest BCUT2D eigenvalue weighted by molar-refractivity contribution is -0.298. The van der Waals surface area contributed by atoms with Crippen LogP contribution in [0.15, 0.2) is 12.2 Å². The summed E-state index contributed by atoms with van der Waals surface area (Å²) in [6.07, 6.45) is 58.5. The second kappa shape index (κ2) is 54.1. The largest absolute Gasteiger partial charge is 0.397 e. The Balaban J connectivity index is 2.28. The standard InChI is InChI=1S/C64H125NO11S/c1-3-5-7-9-11-13-15-17-19-21-23-25-27-28-29-30-31-32-34-36-38-40-42-44-46-48-50-52-54-60(68)65-57(56-74-64-62(70)63(76-77(71,72)73)61(69)59(55-66)75-64)58(67)53-51-49-47-45-43-41-39-37-35-33-26-24-22-20-18-16-14-12-10-8-6-4-2/h51,53,57-59,61-64,66-67,69-70H,3-50,52,54-56H2,1-2H3,(H,65,68)(H,71,72,73)/b53-51+. The summed E-state index contributed by atoms with van der Waals surface area (Å²) in [6.45, 7) is 3.46. The number of aliphatic hydroxyl groups excluding tert-OH is 4. The van der Waals surface area contributed by atoms with Crippen LogP contribution in [0.4, 0.5) is 0 Å². The highest BCUT2D eigenvalue weighted by molar-refractivity contribution is 7.80. The molecule has 1 amide bonds. The number of hydrogen-bond donors (Lipinski definition) is 6. The van der Waals surface area contributed by atoms with E-state index in [-0.39, 0.29) is 18.9 Å². The van der Waals surface area contributed by atoms with Gasteiger partial charge in [-0.3, -0.25) is 9.35 Å². The van der Waals surface area contributed by atoms with Gasteiger partial charge in [0.1, 0.15) is 24.4 Å². The van der Waals surface area contributed by atoms with Crippen molar-refractivity contribution in [3.63, 3.8) is 0 Å². The first-order valence-corrected chi connectivity index (χ1v) is 34.4. The van der Waals surface area contributed by atoms with E-state index in [2.05, 4.69) is 23.3 Å². The third kappa shape index (κ3) is 46.1. The van der Waals surface area contributed by atoms with Gasteiger partial charge in [-0.1, -0.05) is 321 Å². The van der Waals surface area contributed by atoms with E-state index in [1.54, 1.807) is 6.08 Å². The van der Waals surface area contributed by atoms with Crippen molar-refractivity contribution in [1.29, 1.82) is 0 Å². The molecule has 0 spiro atoms. The zero-order valence-corrected chi connectivity index (χ0v) is 50.9. The Bertz CT molecular complexity index is 1400. The third-order valence-electron chi connectivity index (χ3n) is 16.1. The topological polar surface area (TPSA) is 192 Å². The summed E-state index contributed by atoms with van der Waals surface area (Å²) in [7, 11) is -5.09. The number of unbranched alkanes of at least 4 members (excludes halogenated alkanes) is 47. The van der Waals surface area contributed by atoms with Crippen molar-refractivity contribution in [3.8, 4) is 0 Å². The van der Waals surface area contributed by atoms with E-state index in [1.165, 1.54) is 270 Å². The van der Waals surface area contributed by atoms with Gasteiger partial charge in [0.2, 0.25) is 5.91 Å². The fourth-order valence-electron chi connectivity index (χ4n) is 11.0. The van der Waals surface area contributed by atoms with Crippen LogP contribution in [0.1, 0.15) is 335 Å². The number of aliphatic hydroxyl groups is 4. The maximum absolute atomic E-state index is 13.2. The molecule has 1 fully saturated rings. The number of rotatable bonds is 59. The maximum Gasteiger partial charge on any atom is 0.397 e. The molecule has 0 bridgehead atoms. The van der Waals surface area contributed by atoms with Crippen LogP contribution >= 0.6 is 0 Å². The third-order valence-corrected chi connectivity index (χ3v) is 16.5. The van der Waals surface area contributed by atoms with Crippen LogP contribution in [0.2, 0.25) is 0 Å². The molecule has 13 heteroatoms. The van der Waals surface area contributed by atoms with Crippen molar-refractivity contribution in [2.75, 3.05) is 13.2 Å². The molecule has 0 aromatic carbocycles. The molecule has 458 valence electrons. The van der Waals surface area contributed by atoms with E-state index < -0.39 is 59.9 Å². The number of allylic oxidation sites excluding steroid dienone is 1. The highest BCUT2D eigenvalue weighted by atomic mass is 32.3. The number of ether oxygens (including phenoxy) is 2. The van der Waals surface area contributed by atoms with Gasteiger partial charge in [-0.05, 0) is 19.3 Å². The lowest BCUT2D eigenvalue weighted by atomic mass is 9.99. The van der Waals surface area contributed by atoms with Crippen LogP contribution < -0.4 is 5.32 Å². The smallest absolute Gasteiger partial charge is 0.394 e. The molecular formula is C64H125NO11S. The van der Waals surface area contributed by atoms with E-state index in [0.29, 0.717) is 6.42 Å². The lowest BCUT2D eigenvalue weighted by Crippen LogP contribution is -2.61. The first-order chi connectivity index (χ1) is 37.5. The number of nitrogens with one attached hydrogen (secondary N) is 1. The Morgan fingerprint density at radius 1 is 0.506 bits per heavy atom. The Morgan fingerprint density at radius 2 is 0.818 bits per heavy atom. The molecule has 1 rings (SSSR count). The number of hydrogen-bond acceptors (Lipinski definition) is 10. The second-order valence-electron chi connectivity index (χ2n) is 23.4. The molecule has 7 atom stereocenters. The average molecular weight is 1120 g/mol. The summed E-state index contributed by atoms with van der Waals surface area (Å²) in [6, 6.07) is -0.941. The van der Waals surface area contributed by atoms with Crippen molar-refractivity contribution in [2.45, 2.75) is 378 Å². The SMILES string of the molecule is CCCCCCCCCCCCCCCCCCCCCC/C=C/C(O)C(COC1OC(CO)C(O)C(OS(=O)(=O)O)C1O)NC(=O)CCCCCCCCCCCCCCCCCCCCCCCCCCCCCC. The Labute approximate surface area is 474 Å². The highest BCUT2D eigenvalue weighted by Crippen LogP contribution is 2.26. The predicted octanol–water partition coefficient (Wildman–Crippen LogP) is 16.6. The van der Waals surface area contributed by atoms with Crippen LogP contribution in [0.25, 0.3) is 0 Å². The first kappa shape index (κ1) is 73.9. The normalized spacial score (nSPS) is 18.9. The molecule has 0 aromatic rings. The van der Waals surface area contributed by atoms with Crippen molar-refractivity contribution in [2.24, 2.45) is 0 Å². The molecule has 0 saturated carbocycles. The summed E-state index contributed by atoms with van der Waals surface area (Å²) in [5.41, 5.74) is 0. The zero-order chi connectivity index (χ0) is 56.1. The Kier molecular flexibility index (Phi) is 51.9. The molecule has 12 nitrogen and oxygen atoms in total. The fraction of sp³-hybridized carbons (Fsp3) is 0.953. The minimum Gasteiger partial charge on any atom is -0.394 e. The molecule has 1 aliphatic heterocycles. The summed E-state index contributed by atoms with van der Waals surface area (Å²) in [5.74, 6) is -0.253. The molecule has 1 heterocycles. The molecule has 0 radical (unpaired) electrons. The average Bonchev–Trinajstić information content (AvgIpc) is 3.41. The lowest BCUT2D eigenvalue weighted by Gasteiger charge is -2.41. The van der Waals surface area contributed by atoms with Gasteiger partial charge in [0.05, 0.1) is 25.4 Å². The van der Waals surface area contributed by atoms with E-state index in [9.17, 15) is 38.2 Å². The molecule has 1 saturated heterocycles. The molecule has 0 aliphatic carbocycles. The number of carbonyl (C=O) groups excluding carboxylic acids is 1. The van der Waals surface area contributed by atoms with Crippen molar-refractivity contribution in [3.05, 3.63) is 12.2 Å². The Hall–Kier alpha value is -1.16. The van der Waals surface area contributed by atoms with Crippen molar-refractivity contribution in [1.82, 2.24) is 5.32 Å². The van der Waals surface area contributed by atoms with Crippen LogP contribution in [-0.4, -0.2) is 95.4 Å². The van der Waals surface area contributed by atoms with E-state index in [4.69, 9.17) is 9.47 Å². The van der Waals surface area contributed by atoms with Crippen LogP contribution in [0.5, 0.6) is 0 Å². The first-order valence-electron chi connectivity index (χ1n) is 33.1. The summed E-state index contributed by atoms with van der Waals surface area (Å²) < 4.78 is 48.0. The minimum absolute atomic E-state index is 0.253. The minimum atomic E-state index is -5.09. The quantitative estimate of drug-likeness (QED) is 0.0193. The van der Waals surface area contributed by atoms with E-state index in [0.717, 1.165) is 38.5 Å². The van der Waals surface area contributed by atoms with Crippen LogP contribution in [-0.2, 0) is 28.9 Å². The zero-order valence-electron chi connectivity index (χ0n) is 50.1. The number of carbonyl (C=O) groups is 1. The number of amides is 1. The van der Waals surface area contributed by atoms with Gasteiger partial charge in [-0.2, -0.15) is 8.42 Å². The molecule has 1 aliphatic rings. The van der Waals surface area contributed by atoms with Crippen molar-refractivity contribution < 1.29 is 51.8 Å². The molecule has 6 N–H and O–H groups in total. The molecular weight excluding hydrogens is 991 g/mol. The van der Waals surface area contributed by atoms with Crippen LogP contribution in [0, 0.1) is 0 Å². The van der Waals surface area contributed by atoms with Gasteiger partial charge in [0.15, 0.2) is 6.29 Å². The van der Waals surface area contributed by atoms with Gasteiger partial charge < -0.3 is 35.2 Å². The summed E-state index contributed by atoms with van der Waals surface area (Å²) in [5, 5.41) is 45.1. The van der Waals surface area contributed by atoms with Crippen LogP contribution in [0.3, 0.4) is 0 Å². The monoisotopic (exact) mass is 1120 g/mol. The van der Waals surface area contributed by atoms with Gasteiger partial charge >= 0.3 is 10.4 Å². The molecule has 0 aromatic heterocycles. The fourth-order valence-corrected chi connectivity index (χ4v) is 11.5. The van der Waals surface area contributed by atoms with Gasteiger partial charge in [-0.15, -0.1) is 0 Å². The molecule has 77 heavy (non-hydrogen) atoms. The van der Waals surface area contributed by atoms with Gasteiger partial charge in [0.25, 0.3) is 0 Å². The van der Waals surface area contributed by atoms with Gasteiger partial charge in [0, 0.05) is 6.42 Å². The van der Waals surface area contributed by atoms with E-state index in [1.807, 2.05) is 6.08 Å². The highest BCUT2D eigenvalue weighted by Gasteiger charge is 2.48. The summed E-state index contributed by atoms with van der Waals surface area (Å²) >= 11 is 0. The maximum atomic E-state index is 13.2. The molecule has 7 unspecified atom stereocenters.